The van der Waals surface area contributed by atoms with Gasteiger partial charge in [0.1, 0.15) is 0 Å². The molecule has 1 aromatic carbocycles. The van der Waals surface area contributed by atoms with E-state index in [1.807, 2.05) is 12.1 Å². The monoisotopic (exact) mass is 324 g/mol. The fourth-order valence-corrected chi connectivity index (χ4v) is 2.96. The van der Waals surface area contributed by atoms with Gasteiger partial charge in [0.05, 0.1) is 0 Å². The molecule has 5 nitrogen and oxygen atoms in total. The highest BCUT2D eigenvalue weighted by Crippen LogP contribution is 2.20. The van der Waals surface area contributed by atoms with Gasteiger partial charge in [0.15, 0.2) is 0 Å². The predicted molar refractivity (Wildman–Crippen MR) is 97.6 cm³/mol. The third-order valence-electron chi connectivity index (χ3n) is 4.48. The number of nitrogens with zero attached hydrogens (tertiary/aromatic N) is 3. The molecule has 1 N–H and O–H groups in total. The molecule has 0 radical (unpaired) electrons. The zero-order valence-electron chi connectivity index (χ0n) is 14.3. The molecule has 0 spiro atoms. The number of rotatable bonds is 4. The smallest absolute Gasteiger partial charge is 0.255 e. The second-order valence-electron chi connectivity index (χ2n) is 6.35. The van der Waals surface area contributed by atoms with Crippen molar-refractivity contribution in [3.8, 4) is 0 Å². The van der Waals surface area contributed by atoms with E-state index in [2.05, 4.69) is 46.1 Å². The van der Waals surface area contributed by atoms with E-state index < -0.39 is 0 Å². The number of pyridine rings is 1. The summed E-state index contributed by atoms with van der Waals surface area (Å²) < 4.78 is 0. The number of carbonyl (C=O) groups is 1. The number of benzene rings is 1. The van der Waals surface area contributed by atoms with Gasteiger partial charge in [0.25, 0.3) is 5.91 Å². The second kappa shape index (κ2) is 7.45. The van der Waals surface area contributed by atoms with Crippen molar-refractivity contribution >= 4 is 17.3 Å². The van der Waals surface area contributed by atoms with Crippen molar-refractivity contribution in [2.24, 2.45) is 0 Å². The molecule has 0 saturated carbocycles. The molecule has 5 heteroatoms. The number of hydrogen-bond donors (Lipinski definition) is 1. The lowest BCUT2D eigenvalue weighted by atomic mass is 10.2. The van der Waals surface area contributed by atoms with E-state index in [0.29, 0.717) is 11.6 Å². The summed E-state index contributed by atoms with van der Waals surface area (Å²) in [6.07, 6.45) is 3.24. The summed E-state index contributed by atoms with van der Waals surface area (Å²) in [5.41, 5.74) is 2.63. The summed E-state index contributed by atoms with van der Waals surface area (Å²) in [7, 11) is 0. The summed E-state index contributed by atoms with van der Waals surface area (Å²) in [6.45, 7) is 8.77. The molecule has 0 bridgehead atoms. The second-order valence-corrected chi connectivity index (χ2v) is 6.35. The average molecular weight is 324 g/mol. The van der Waals surface area contributed by atoms with Gasteiger partial charge in [0.2, 0.25) is 0 Å². The lowest BCUT2D eigenvalue weighted by Crippen LogP contribution is -2.48. The zero-order chi connectivity index (χ0) is 16.9. The van der Waals surface area contributed by atoms with Crippen LogP contribution in [-0.4, -0.2) is 48.0 Å². The van der Waals surface area contributed by atoms with Crippen LogP contribution in [-0.2, 0) is 0 Å². The van der Waals surface area contributed by atoms with Crippen LogP contribution in [0, 0.1) is 0 Å². The summed E-state index contributed by atoms with van der Waals surface area (Å²) in [4.78, 5) is 21.0. The van der Waals surface area contributed by atoms with Crippen molar-refractivity contribution < 1.29 is 4.79 Å². The molecule has 0 atom stereocenters. The van der Waals surface area contributed by atoms with E-state index in [-0.39, 0.29) is 5.91 Å². The van der Waals surface area contributed by atoms with Gasteiger partial charge in [-0.1, -0.05) is 0 Å². The minimum absolute atomic E-state index is 0.115. The highest BCUT2D eigenvalue weighted by Gasteiger charge is 2.18. The Labute approximate surface area is 143 Å². The van der Waals surface area contributed by atoms with Crippen LogP contribution in [0.3, 0.4) is 0 Å². The molecule has 1 fully saturated rings. The minimum Gasteiger partial charge on any atom is -0.369 e. The van der Waals surface area contributed by atoms with Crippen molar-refractivity contribution in [2.75, 3.05) is 36.4 Å². The van der Waals surface area contributed by atoms with Gasteiger partial charge in [0, 0.05) is 61.6 Å². The number of hydrogen-bond acceptors (Lipinski definition) is 4. The maximum atomic E-state index is 12.1. The first kappa shape index (κ1) is 16.5. The van der Waals surface area contributed by atoms with E-state index in [0.717, 1.165) is 31.9 Å². The molecule has 1 aliphatic heterocycles. The number of anilines is 2. The van der Waals surface area contributed by atoms with Crippen LogP contribution in [0.4, 0.5) is 11.4 Å². The third kappa shape index (κ3) is 3.92. The van der Waals surface area contributed by atoms with E-state index >= 15 is 0 Å². The Morgan fingerprint density at radius 3 is 2.21 bits per heavy atom. The molecule has 1 aromatic heterocycles. The lowest BCUT2D eigenvalue weighted by molar-refractivity contribution is 0.102. The Morgan fingerprint density at radius 2 is 1.62 bits per heavy atom. The van der Waals surface area contributed by atoms with Crippen LogP contribution in [0.15, 0.2) is 48.8 Å². The van der Waals surface area contributed by atoms with E-state index in [1.54, 1.807) is 24.5 Å². The first-order valence-corrected chi connectivity index (χ1v) is 8.44. The topological polar surface area (TPSA) is 48.5 Å². The van der Waals surface area contributed by atoms with Gasteiger partial charge in [-0.2, -0.15) is 0 Å². The normalized spacial score (nSPS) is 15.5. The van der Waals surface area contributed by atoms with Gasteiger partial charge >= 0.3 is 0 Å². The standard InChI is InChI=1S/C19H24N4O/c1-15(2)22-11-13-23(14-12-22)18-5-3-17(4-6-18)21-19(24)16-7-9-20-10-8-16/h3-10,15H,11-14H2,1-2H3,(H,21,24). The Balaban J connectivity index is 1.59. The quantitative estimate of drug-likeness (QED) is 0.939. The summed E-state index contributed by atoms with van der Waals surface area (Å²) in [5, 5.41) is 2.92. The first-order chi connectivity index (χ1) is 11.6. The summed E-state index contributed by atoms with van der Waals surface area (Å²) >= 11 is 0. The third-order valence-corrected chi connectivity index (χ3v) is 4.48. The van der Waals surface area contributed by atoms with Crippen LogP contribution in [0.5, 0.6) is 0 Å². The molecule has 2 aromatic rings. The molecule has 3 rings (SSSR count). The van der Waals surface area contributed by atoms with Crippen LogP contribution >= 0.6 is 0 Å². The highest BCUT2D eigenvalue weighted by atomic mass is 16.1. The molecule has 1 amide bonds. The SMILES string of the molecule is CC(C)N1CCN(c2ccc(NC(=O)c3ccncc3)cc2)CC1. The molecule has 0 unspecified atom stereocenters. The van der Waals surface area contributed by atoms with Crippen molar-refractivity contribution in [3.63, 3.8) is 0 Å². The molecule has 24 heavy (non-hydrogen) atoms. The lowest BCUT2D eigenvalue weighted by Gasteiger charge is -2.38. The Bertz CT molecular complexity index is 662. The van der Waals surface area contributed by atoms with Crippen molar-refractivity contribution in [3.05, 3.63) is 54.4 Å². The minimum atomic E-state index is -0.115. The Kier molecular flexibility index (Phi) is 5.11. The maximum Gasteiger partial charge on any atom is 0.255 e. The number of carbonyl (C=O) groups excluding carboxylic acids is 1. The maximum absolute atomic E-state index is 12.1. The van der Waals surface area contributed by atoms with Crippen LogP contribution < -0.4 is 10.2 Å². The molecule has 1 aliphatic rings. The molecular formula is C19H24N4O. The zero-order valence-corrected chi connectivity index (χ0v) is 14.3. The fourth-order valence-electron chi connectivity index (χ4n) is 2.96. The molecule has 126 valence electrons. The Morgan fingerprint density at radius 1 is 1.00 bits per heavy atom. The molecule has 0 aliphatic carbocycles. The highest BCUT2D eigenvalue weighted by molar-refractivity contribution is 6.04. The van der Waals surface area contributed by atoms with Gasteiger partial charge in [-0.05, 0) is 50.2 Å². The summed E-state index contributed by atoms with van der Waals surface area (Å²) in [6, 6.07) is 12.1. The Hall–Kier alpha value is -2.40. The molecular weight excluding hydrogens is 300 g/mol. The predicted octanol–water partition coefficient (Wildman–Crippen LogP) is 2.86. The largest absolute Gasteiger partial charge is 0.369 e. The van der Waals surface area contributed by atoms with Gasteiger partial charge in [-0.3, -0.25) is 14.7 Å². The number of piperazine rings is 1. The summed E-state index contributed by atoms with van der Waals surface area (Å²) in [5.74, 6) is -0.115. The fraction of sp³-hybridized carbons (Fsp3) is 0.368. The number of nitrogens with one attached hydrogen (secondary N) is 1. The van der Waals surface area contributed by atoms with Gasteiger partial charge in [-0.25, -0.2) is 0 Å². The molecule has 1 saturated heterocycles. The van der Waals surface area contributed by atoms with E-state index in [9.17, 15) is 4.79 Å². The van der Waals surface area contributed by atoms with Gasteiger partial charge < -0.3 is 10.2 Å². The number of aromatic nitrogens is 1. The van der Waals surface area contributed by atoms with Crippen molar-refractivity contribution in [1.82, 2.24) is 9.88 Å². The van der Waals surface area contributed by atoms with Crippen LogP contribution in [0.1, 0.15) is 24.2 Å². The van der Waals surface area contributed by atoms with Crippen molar-refractivity contribution in [2.45, 2.75) is 19.9 Å². The number of amides is 1. The van der Waals surface area contributed by atoms with E-state index in [1.165, 1.54) is 5.69 Å². The van der Waals surface area contributed by atoms with Gasteiger partial charge in [-0.15, -0.1) is 0 Å². The van der Waals surface area contributed by atoms with Crippen LogP contribution in [0.2, 0.25) is 0 Å². The van der Waals surface area contributed by atoms with Crippen LogP contribution in [0.25, 0.3) is 0 Å². The average Bonchev–Trinajstić information content (AvgIpc) is 2.63. The first-order valence-electron chi connectivity index (χ1n) is 8.44. The molecule has 2 heterocycles. The van der Waals surface area contributed by atoms with E-state index in [4.69, 9.17) is 0 Å². The van der Waals surface area contributed by atoms with Crippen molar-refractivity contribution in [1.29, 1.82) is 0 Å².